The Morgan fingerprint density at radius 2 is 1.88 bits per heavy atom. The number of hydrogen-bond acceptors (Lipinski definition) is 4. The Labute approximate surface area is 106 Å². The molecule has 1 atom stereocenters. The molecule has 17 heavy (non-hydrogen) atoms. The van der Waals surface area contributed by atoms with Crippen LogP contribution >= 0.6 is 0 Å². The molecule has 1 N–H and O–H groups in total. The first kappa shape index (κ1) is 16.9. The molecule has 0 aliphatic heterocycles. The highest BCUT2D eigenvalue weighted by molar-refractivity contribution is 7.90. The van der Waals surface area contributed by atoms with Crippen molar-refractivity contribution in [2.45, 2.75) is 52.2 Å². The number of hydrogen-bond donors (Lipinski definition) is 1. The van der Waals surface area contributed by atoms with E-state index in [2.05, 4.69) is 12.2 Å². The van der Waals surface area contributed by atoms with Crippen LogP contribution in [0.5, 0.6) is 0 Å². The van der Waals surface area contributed by atoms with Crippen LogP contribution in [0.15, 0.2) is 0 Å². The molecule has 1 unspecified atom stereocenters. The maximum absolute atomic E-state index is 11.1. The SMILES string of the molecule is CCCNC(CCS(C)(=O)=O)COC(C)(C)C. The van der Waals surface area contributed by atoms with Gasteiger partial charge in [-0.25, -0.2) is 8.42 Å². The lowest BCUT2D eigenvalue weighted by molar-refractivity contribution is -0.0146. The standard InChI is InChI=1S/C12H27NO3S/c1-6-8-13-11(7-9-17(5,14)15)10-16-12(2,3)4/h11,13H,6-10H2,1-5H3. The zero-order chi connectivity index (χ0) is 13.5. The molecule has 0 aliphatic rings. The molecule has 0 amide bonds. The zero-order valence-electron chi connectivity index (χ0n) is 11.7. The summed E-state index contributed by atoms with van der Waals surface area (Å²) in [5, 5.41) is 3.33. The number of ether oxygens (including phenoxy) is 1. The Kier molecular flexibility index (Phi) is 7.28. The van der Waals surface area contributed by atoms with Crippen LogP contribution in [-0.2, 0) is 14.6 Å². The van der Waals surface area contributed by atoms with E-state index >= 15 is 0 Å². The van der Waals surface area contributed by atoms with Gasteiger partial charge in [-0.05, 0) is 40.2 Å². The third kappa shape index (κ3) is 12.1. The zero-order valence-corrected chi connectivity index (χ0v) is 12.6. The van der Waals surface area contributed by atoms with E-state index in [-0.39, 0.29) is 17.4 Å². The summed E-state index contributed by atoms with van der Waals surface area (Å²) >= 11 is 0. The largest absolute Gasteiger partial charge is 0.374 e. The summed E-state index contributed by atoms with van der Waals surface area (Å²) in [6.07, 6.45) is 2.91. The second kappa shape index (κ2) is 7.34. The molecule has 0 spiro atoms. The molecule has 0 bridgehead atoms. The first-order valence-corrected chi connectivity index (χ1v) is 8.25. The highest BCUT2D eigenvalue weighted by Crippen LogP contribution is 2.08. The lowest BCUT2D eigenvalue weighted by Gasteiger charge is -2.25. The summed E-state index contributed by atoms with van der Waals surface area (Å²) < 4.78 is 28.0. The quantitative estimate of drug-likeness (QED) is 0.724. The molecule has 5 heteroatoms. The molecule has 0 aromatic carbocycles. The minimum atomic E-state index is -2.89. The monoisotopic (exact) mass is 265 g/mol. The molecule has 0 heterocycles. The molecule has 0 fully saturated rings. The van der Waals surface area contributed by atoms with Crippen molar-refractivity contribution in [1.29, 1.82) is 0 Å². The molecule has 0 rings (SSSR count). The molecule has 0 aliphatic carbocycles. The lowest BCUT2D eigenvalue weighted by atomic mass is 10.2. The second-order valence-electron chi connectivity index (χ2n) is 5.49. The van der Waals surface area contributed by atoms with Gasteiger partial charge in [-0.3, -0.25) is 0 Å². The molecular formula is C12H27NO3S. The molecule has 0 saturated carbocycles. The molecule has 4 nitrogen and oxygen atoms in total. The Morgan fingerprint density at radius 3 is 2.29 bits per heavy atom. The highest BCUT2D eigenvalue weighted by Gasteiger charge is 2.16. The molecule has 0 saturated heterocycles. The number of sulfone groups is 1. The van der Waals surface area contributed by atoms with Gasteiger partial charge >= 0.3 is 0 Å². The van der Waals surface area contributed by atoms with Crippen molar-refractivity contribution in [3.8, 4) is 0 Å². The van der Waals surface area contributed by atoms with E-state index in [0.717, 1.165) is 13.0 Å². The summed E-state index contributed by atoms with van der Waals surface area (Å²) in [6, 6.07) is 0.115. The van der Waals surface area contributed by atoms with Gasteiger partial charge in [-0.2, -0.15) is 0 Å². The first-order chi connectivity index (χ1) is 7.64. The average molecular weight is 265 g/mol. The topological polar surface area (TPSA) is 55.4 Å². The Bertz CT molecular complexity index is 293. The van der Waals surface area contributed by atoms with E-state index < -0.39 is 9.84 Å². The van der Waals surface area contributed by atoms with Crippen LogP contribution in [0.2, 0.25) is 0 Å². The van der Waals surface area contributed by atoms with Gasteiger partial charge in [0, 0.05) is 12.3 Å². The van der Waals surface area contributed by atoms with Crippen molar-refractivity contribution in [3.63, 3.8) is 0 Å². The van der Waals surface area contributed by atoms with Crippen molar-refractivity contribution in [2.75, 3.05) is 25.2 Å². The van der Waals surface area contributed by atoms with Crippen molar-refractivity contribution < 1.29 is 13.2 Å². The van der Waals surface area contributed by atoms with Crippen LogP contribution in [0.3, 0.4) is 0 Å². The van der Waals surface area contributed by atoms with Gasteiger partial charge in [0.05, 0.1) is 18.0 Å². The van der Waals surface area contributed by atoms with Gasteiger partial charge in [-0.15, -0.1) is 0 Å². The van der Waals surface area contributed by atoms with E-state index in [9.17, 15) is 8.42 Å². The molecule has 0 aromatic heterocycles. The second-order valence-corrected chi connectivity index (χ2v) is 7.75. The van der Waals surface area contributed by atoms with Crippen molar-refractivity contribution in [1.82, 2.24) is 5.32 Å². The Balaban J connectivity index is 4.14. The van der Waals surface area contributed by atoms with Crippen LogP contribution in [0, 0.1) is 0 Å². The van der Waals surface area contributed by atoms with Crippen LogP contribution in [0.25, 0.3) is 0 Å². The summed E-state index contributed by atoms with van der Waals surface area (Å²) in [4.78, 5) is 0. The molecule has 0 radical (unpaired) electrons. The van der Waals surface area contributed by atoms with E-state index in [4.69, 9.17) is 4.74 Å². The van der Waals surface area contributed by atoms with E-state index in [1.54, 1.807) is 0 Å². The summed E-state index contributed by atoms with van der Waals surface area (Å²) in [5.74, 6) is 0.210. The fourth-order valence-electron chi connectivity index (χ4n) is 1.30. The minimum Gasteiger partial charge on any atom is -0.374 e. The molecule has 104 valence electrons. The predicted octanol–water partition coefficient (Wildman–Crippen LogP) is 1.60. The Morgan fingerprint density at radius 1 is 1.29 bits per heavy atom. The van der Waals surface area contributed by atoms with Crippen molar-refractivity contribution in [3.05, 3.63) is 0 Å². The lowest BCUT2D eigenvalue weighted by Crippen LogP contribution is -2.38. The smallest absolute Gasteiger partial charge is 0.147 e. The van der Waals surface area contributed by atoms with E-state index in [0.29, 0.717) is 13.0 Å². The van der Waals surface area contributed by atoms with Gasteiger partial charge in [-0.1, -0.05) is 6.92 Å². The van der Waals surface area contributed by atoms with Crippen LogP contribution in [0.1, 0.15) is 40.5 Å². The fraction of sp³-hybridized carbons (Fsp3) is 1.00. The number of nitrogens with one attached hydrogen (secondary N) is 1. The van der Waals surface area contributed by atoms with Crippen molar-refractivity contribution >= 4 is 9.84 Å². The van der Waals surface area contributed by atoms with Gasteiger partial charge < -0.3 is 10.1 Å². The third-order valence-corrected chi connectivity index (χ3v) is 3.21. The minimum absolute atomic E-state index is 0.115. The van der Waals surface area contributed by atoms with Gasteiger partial charge in [0.15, 0.2) is 0 Å². The maximum atomic E-state index is 11.1. The highest BCUT2D eigenvalue weighted by atomic mass is 32.2. The average Bonchev–Trinajstić information content (AvgIpc) is 2.13. The van der Waals surface area contributed by atoms with Crippen LogP contribution < -0.4 is 5.32 Å². The number of rotatable bonds is 8. The van der Waals surface area contributed by atoms with Gasteiger partial charge in [0.25, 0.3) is 0 Å². The normalized spacial score (nSPS) is 14.9. The van der Waals surface area contributed by atoms with E-state index in [1.165, 1.54) is 6.26 Å². The summed E-state index contributed by atoms with van der Waals surface area (Å²) in [6.45, 7) is 9.54. The van der Waals surface area contributed by atoms with Crippen LogP contribution in [-0.4, -0.2) is 45.2 Å². The first-order valence-electron chi connectivity index (χ1n) is 6.19. The molecule has 0 aromatic rings. The summed E-state index contributed by atoms with van der Waals surface area (Å²) in [5.41, 5.74) is -0.183. The fourth-order valence-corrected chi connectivity index (χ4v) is 2.01. The van der Waals surface area contributed by atoms with Crippen molar-refractivity contribution in [2.24, 2.45) is 0 Å². The predicted molar refractivity (Wildman–Crippen MR) is 72.1 cm³/mol. The third-order valence-electron chi connectivity index (χ3n) is 2.24. The molecular weight excluding hydrogens is 238 g/mol. The van der Waals surface area contributed by atoms with E-state index in [1.807, 2.05) is 20.8 Å². The van der Waals surface area contributed by atoms with Gasteiger partial charge in [0.2, 0.25) is 0 Å². The van der Waals surface area contributed by atoms with Gasteiger partial charge in [0.1, 0.15) is 9.84 Å². The Hall–Kier alpha value is -0.130. The summed E-state index contributed by atoms with van der Waals surface area (Å²) in [7, 11) is -2.89. The van der Waals surface area contributed by atoms with Crippen LogP contribution in [0.4, 0.5) is 0 Å². The maximum Gasteiger partial charge on any atom is 0.147 e.